The number of ether oxygens (including phenoxy) is 2. The fourth-order valence-corrected chi connectivity index (χ4v) is 6.63. The SMILES string of the molecule is c1ccc2c(c1)Oc1cccc3c1B2c1cccc(-c2cccc4c2ccc2cc5ccccc5cc24)c1O3. The van der Waals surface area contributed by atoms with E-state index in [1.54, 1.807) is 0 Å². The maximum absolute atomic E-state index is 6.74. The highest BCUT2D eigenvalue weighted by Crippen LogP contribution is 2.42. The van der Waals surface area contributed by atoms with E-state index in [-0.39, 0.29) is 6.71 Å². The molecule has 0 aliphatic carbocycles. The summed E-state index contributed by atoms with van der Waals surface area (Å²) >= 11 is 0. The predicted octanol–water partition coefficient (Wildman–Crippen LogP) is 7.54. The van der Waals surface area contributed by atoms with Crippen LogP contribution in [0.5, 0.6) is 23.0 Å². The number of hydrogen-bond donors (Lipinski definition) is 0. The summed E-state index contributed by atoms with van der Waals surface area (Å²) in [6.45, 7) is 0.0621. The molecule has 0 atom stereocenters. The zero-order chi connectivity index (χ0) is 25.5. The first-order valence-corrected chi connectivity index (χ1v) is 13.4. The quantitative estimate of drug-likeness (QED) is 0.133. The first-order chi connectivity index (χ1) is 19.3. The average molecular weight is 496 g/mol. The van der Waals surface area contributed by atoms with Gasteiger partial charge >= 0.3 is 0 Å². The molecule has 180 valence electrons. The molecule has 0 aromatic heterocycles. The normalized spacial score (nSPS) is 13.0. The minimum Gasteiger partial charge on any atom is -0.458 e. The van der Waals surface area contributed by atoms with Gasteiger partial charge in [0.2, 0.25) is 0 Å². The average Bonchev–Trinajstić information content (AvgIpc) is 2.99. The van der Waals surface area contributed by atoms with Crippen LogP contribution < -0.4 is 25.9 Å². The molecule has 0 saturated carbocycles. The van der Waals surface area contributed by atoms with Crippen LogP contribution in [-0.4, -0.2) is 6.71 Å². The number of hydrogen-bond acceptors (Lipinski definition) is 2. The second-order valence-corrected chi connectivity index (χ2v) is 10.5. The van der Waals surface area contributed by atoms with Crippen LogP contribution in [0.1, 0.15) is 0 Å². The molecule has 3 heteroatoms. The van der Waals surface area contributed by atoms with E-state index in [1.165, 1.54) is 48.8 Å². The molecular formula is C36H21BO2. The van der Waals surface area contributed by atoms with Gasteiger partial charge in [0.25, 0.3) is 6.71 Å². The molecule has 2 aliphatic heterocycles. The number of fused-ring (bicyclic) bond motifs is 8. The zero-order valence-electron chi connectivity index (χ0n) is 21.0. The van der Waals surface area contributed by atoms with E-state index in [2.05, 4.69) is 109 Å². The monoisotopic (exact) mass is 496 g/mol. The number of rotatable bonds is 1. The molecule has 2 aliphatic rings. The lowest BCUT2D eigenvalue weighted by Crippen LogP contribution is -2.57. The van der Waals surface area contributed by atoms with Crippen molar-refractivity contribution in [2.75, 3.05) is 0 Å². The van der Waals surface area contributed by atoms with Crippen molar-refractivity contribution in [3.05, 3.63) is 127 Å². The maximum Gasteiger partial charge on any atom is 0.260 e. The Bertz CT molecular complexity index is 2150. The molecule has 0 fully saturated rings. The third-order valence-electron chi connectivity index (χ3n) is 8.37. The minimum atomic E-state index is 0.0621. The predicted molar refractivity (Wildman–Crippen MR) is 162 cm³/mol. The molecule has 0 radical (unpaired) electrons. The van der Waals surface area contributed by atoms with E-state index >= 15 is 0 Å². The molecule has 0 amide bonds. The van der Waals surface area contributed by atoms with Crippen molar-refractivity contribution >= 4 is 55.4 Å². The lowest BCUT2D eigenvalue weighted by atomic mass is 9.34. The van der Waals surface area contributed by atoms with E-state index in [0.29, 0.717) is 0 Å². The fourth-order valence-electron chi connectivity index (χ4n) is 6.63. The van der Waals surface area contributed by atoms with Crippen molar-refractivity contribution in [1.29, 1.82) is 0 Å². The van der Waals surface area contributed by atoms with Crippen molar-refractivity contribution in [2.45, 2.75) is 0 Å². The second-order valence-electron chi connectivity index (χ2n) is 10.5. The Kier molecular flexibility index (Phi) is 4.17. The van der Waals surface area contributed by atoms with Gasteiger partial charge < -0.3 is 9.47 Å². The third-order valence-corrected chi connectivity index (χ3v) is 8.37. The molecule has 0 spiro atoms. The first kappa shape index (κ1) is 21.0. The van der Waals surface area contributed by atoms with Gasteiger partial charge in [-0.3, -0.25) is 0 Å². The summed E-state index contributed by atoms with van der Waals surface area (Å²) in [5.41, 5.74) is 5.75. The summed E-state index contributed by atoms with van der Waals surface area (Å²) in [7, 11) is 0. The van der Waals surface area contributed by atoms with E-state index in [0.717, 1.165) is 34.0 Å². The lowest BCUT2D eigenvalue weighted by Gasteiger charge is -2.33. The zero-order valence-corrected chi connectivity index (χ0v) is 21.0. The van der Waals surface area contributed by atoms with E-state index < -0.39 is 0 Å². The standard InChI is InChI=1S/C36H21BO2/c1-2-9-23-21-29-24(20-22(23)8-1)18-19-27-25(10-5-11-26(27)29)28-12-6-14-31-36(28)39-34-17-7-16-33-35(34)37(31)30-13-3-4-15-32(30)38-33/h1-21H. The van der Waals surface area contributed by atoms with Gasteiger partial charge in [-0.15, -0.1) is 0 Å². The number of benzene rings is 7. The van der Waals surface area contributed by atoms with E-state index in [4.69, 9.17) is 9.47 Å². The molecule has 0 saturated heterocycles. The van der Waals surface area contributed by atoms with Crippen LogP contribution in [0.2, 0.25) is 0 Å². The van der Waals surface area contributed by atoms with Gasteiger partial charge in [0.15, 0.2) is 0 Å². The Morgan fingerprint density at radius 2 is 1.10 bits per heavy atom. The largest absolute Gasteiger partial charge is 0.458 e. The van der Waals surface area contributed by atoms with Gasteiger partial charge in [-0.2, -0.15) is 0 Å². The van der Waals surface area contributed by atoms with Crippen LogP contribution >= 0.6 is 0 Å². The van der Waals surface area contributed by atoms with Gasteiger partial charge in [0.1, 0.15) is 23.0 Å². The summed E-state index contributed by atoms with van der Waals surface area (Å²) in [5.74, 6) is 3.57. The van der Waals surface area contributed by atoms with E-state index in [9.17, 15) is 0 Å². The van der Waals surface area contributed by atoms with Crippen molar-refractivity contribution in [1.82, 2.24) is 0 Å². The van der Waals surface area contributed by atoms with Gasteiger partial charge in [-0.05, 0) is 79.1 Å². The summed E-state index contributed by atoms with van der Waals surface area (Å²) in [4.78, 5) is 0. The Morgan fingerprint density at radius 3 is 2.03 bits per heavy atom. The van der Waals surface area contributed by atoms with Crippen molar-refractivity contribution in [2.24, 2.45) is 0 Å². The summed E-state index contributed by atoms with van der Waals surface area (Å²) < 4.78 is 13.0. The molecule has 7 aromatic carbocycles. The van der Waals surface area contributed by atoms with Crippen LogP contribution in [0.4, 0.5) is 0 Å². The molecule has 39 heavy (non-hydrogen) atoms. The van der Waals surface area contributed by atoms with Crippen LogP contribution in [0, 0.1) is 0 Å². The Hall–Kier alpha value is -5.02. The highest BCUT2D eigenvalue weighted by atomic mass is 16.5. The molecule has 9 rings (SSSR count). The molecule has 0 unspecified atom stereocenters. The summed E-state index contributed by atoms with van der Waals surface area (Å²) in [6, 6.07) is 45.4. The molecule has 2 nitrogen and oxygen atoms in total. The Balaban J connectivity index is 1.31. The van der Waals surface area contributed by atoms with Crippen LogP contribution in [0.3, 0.4) is 0 Å². The molecule has 0 bridgehead atoms. The van der Waals surface area contributed by atoms with Crippen LogP contribution in [0.15, 0.2) is 127 Å². The Labute approximate surface area is 226 Å². The lowest BCUT2D eigenvalue weighted by molar-refractivity contribution is 0.465. The molecule has 0 N–H and O–H groups in total. The van der Waals surface area contributed by atoms with Gasteiger partial charge in [0.05, 0.1) is 0 Å². The van der Waals surface area contributed by atoms with Gasteiger partial charge in [-0.1, -0.05) is 97.1 Å². The van der Waals surface area contributed by atoms with Crippen LogP contribution in [0.25, 0.3) is 43.4 Å². The highest BCUT2D eigenvalue weighted by Gasteiger charge is 2.40. The first-order valence-electron chi connectivity index (χ1n) is 13.4. The number of para-hydroxylation sites is 2. The summed E-state index contributed by atoms with van der Waals surface area (Å²) in [6.07, 6.45) is 0. The summed E-state index contributed by atoms with van der Waals surface area (Å²) in [5, 5.41) is 7.53. The fraction of sp³-hybridized carbons (Fsp3) is 0. The molecule has 7 aromatic rings. The minimum absolute atomic E-state index is 0.0621. The third kappa shape index (κ3) is 2.93. The molecule has 2 heterocycles. The van der Waals surface area contributed by atoms with Crippen molar-refractivity contribution in [3.63, 3.8) is 0 Å². The topological polar surface area (TPSA) is 18.5 Å². The maximum atomic E-state index is 6.74. The van der Waals surface area contributed by atoms with Gasteiger partial charge in [-0.25, -0.2) is 0 Å². The van der Waals surface area contributed by atoms with Gasteiger partial charge in [0, 0.05) is 11.0 Å². The Morgan fingerprint density at radius 1 is 0.410 bits per heavy atom. The molecular weight excluding hydrogens is 475 g/mol. The van der Waals surface area contributed by atoms with Crippen molar-refractivity contribution < 1.29 is 9.47 Å². The van der Waals surface area contributed by atoms with E-state index in [1.807, 2.05) is 18.2 Å². The smallest absolute Gasteiger partial charge is 0.260 e. The van der Waals surface area contributed by atoms with Crippen molar-refractivity contribution in [3.8, 4) is 34.1 Å². The highest BCUT2D eigenvalue weighted by molar-refractivity contribution is 6.98. The van der Waals surface area contributed by atoms with Crippen LogP contribution in [-0.2, 0) is 0 Å². The second kappa shape index (κ2) is 7.75.